The van der Waals surface area contributed by atoms with Crippen molar-refractivity contribution in [2.75, 3.05) is 0 Å². The summed E-state index contributed by atoms with van der Waals surface area (Å²) in [5.74, 6) is 0. The Kier molecular flexibility index (Phi) is 3.43. The second-order valence-corrected chi connectivity index (χ2v) is 5.41. The Morgan fingerprint density at radius 2 is 1.50 bits per heavy atom. The summed E-state index contributed by atoms with van der Waals surface area (Å²) in [6.45, 7) is 12.6. The molecule has 86 valence electrons. The monoisotopic (exact) mass is 215 g/mol. The summed E-state index contributed by atoms with van der Waals surface area (Å²) in [4.78, 5) is 0. The van der Waals surface area contributed by atoms with Gasteiger partial charge < -0.3 is 0 Å². The van der Waals surface area contributed by atoms with Crippen LogP contribution in [-0.4, -0.2) is 0 Å². The van der Waals surface area contributed by atoms with Crippen LogP contribution in [0.2, 0.25) is 0 Å². The van der Waals surface area contributed by atoms with E-state index < -0.39 is 0 Å². The molecule has 1 aromatic carbocycles. The summed E-state index contributed by atoms with van der Waals surface area (Å²) in [6, 6.07) is 4.61. The summed E-state index contributed by atoms with van der Waals surface area (Å²) in [7, 11) is 0. The van der Waals surface area contributed by atoms with Crippen LogP contribution in [0.5, 0.6) is 0 Å². The van der Waals surface area contributed by atoms with Crippen LogP contribution < -0.4 is 0 Å². The summed E-state index contributed by atoms with van der Waals surface area (Å²) in [6.07, 6.45) is 0.837. The number of hydrogen-bond donors (Lipinski definition) is 0. The molecule has 0 saturated carbocycles. The van der Waals surface area contributed by atoms with Gasteiger partial charge in [-0.25, -0.2) is 0 Å². The quantitative estimate of drug-likeness (QED) is 0.731. The molecule has 0 saturated heterocycles. The SMILES string of the molecule is Cc1cc(C)c(C)c(CC(C)(C)C#N)c1C. The van der Waals surface area contributed by atoms with Crippen molar-refractivity contribution in [3.63, 3.8) is 0 Å². The molecule has 0 atom stereocenters. The van der Waals surface area contributed by atoms with Crippen LogP contribution in [0.3, 0.4) is 0 Å². The molecular formula is C15H21N. The van der Waals surface area contributed by atoms with Gasteiger partial charge in [0.15, 0.2) is 0 Å². The van der Waals surface area contributed by atoms with Crippen molar-refractivity contribution in [3.8, 4) is 6.07 Å². The normalized spacial score (nSPS) is 11.3. The van der Waals surface area contributed by atoms with E-state index in [-0.39, 0.29) is 5.41 Å². The summed E-state index contributed by atoms with van der Waals surface area (Å²) < 4.78 is 0. The average molecular weight is 215 g/mol. The van der Waals surface area contributed by atoms with Crippen LogP contribution in [-0.2, 0) is 6.42 Å². The Hall–Kier alpha value is -1.29. The maximum atomic E-state index is 9.13. The molecule has 0 heterocycles. The van der Waals surface area contributed by atoms with Gasteiger partial charge in [0.1, 0.15) is 0 Å². The van der Waals surface area contributed by atoms with Crippen molar-refractivity contribution < 1.29 is 0 Å². The van der Waals surface area contributed by atoms with E-state index in [1.165, 1.54) is 27.8 Å². The number of aryl methyl sites for hydroxylation is 2. The zero-order valence-electron chi connectivity index (χ0n) is 11.2. The van der Waals surface area contributed by atoms with E-state index >= 15 is 0 Å². The highest BCUT2D eigenvalue weighted by molar-refractivity contribution is 5.44. The van der Waals surface area contributed by atoms with Gasteiger partial charge in [-0.1, -0.05) is 6.07 Å². The Labute approximate surface area is 99.1 Å². The Balaban J connectivity index is 3.29. The molecule has 0 spiro atoms. The highest BCUT2D eigenvalue weighted by Gasteiger charge is 2.20. The lowest BCUT2D eigenvalue weighted by molar-refractivity contribution is 0.490. The number of hydrogen-bond acceptors (Lipinski definition) is 1. The number of nitrogens with zero attached hydrogens (tertiary/aromatic N) is 1. The van der Waals surface area contributed by atoms with Gasteiger partial charge in [-0.15, -0.1) is 0 Å². The van der Waals surface area contributed by atoms with Crippen molar-refractivity contribution in [3.05, 3.63) is 33.9 Å². The fourth-order valence-electron chi connectivity index (χ4n) is 2.05. The van der Waals surface area contributed by atoms with Crippen LogP contribution in [0.15, 0.2) is 6.07 Å². The smallest absolute Gasteiger partial charge is 0.0687 e. The predicted octanol–water partition coefficient (Wildman–Crippen LogP) is 4.01. The van der Waals surface area contributed by atoms with Gasteiger partial charge in [0.25, 0.3) is 0 Å². The molecule has 0 aromatic heterocycles. The van der Waals surface area contributed by atoms with Gasteiger partial charge in [-0.3, -0.25) is 0 Å². The van der Waals surface area contributed by atoms with Gasteiger partial charge in [0.05, 0.1) is 11.5 Å². The van der Waals surface area contributed by atoms with Crippen LogP contribution in [0.4, 0.5) is 0 Å². The van der Waals surface area contributed by atoms with Crippen LogP contribution in [0.25, 0.3) is 0 Å². The van der Waals surface area contributed by atoms with Crippen molar-refractivity contribution in [1.29, 1.82) is 5.26 Å². The van der Waals surface area contributed by atoms with E-state index in [4.69, 9.17) is 5.26 Å². The topological polar surface area (TPSA) is 23.8 Å². The van der Waals surface area contributed by atoms with E-state index in [1.54, 1.807) is 0 Å². The molecule has 1 heteroatoms. The van der Waals surface area contributed by atoms with Crippen molar-refractivity contribution >= 4 is 0 Å². The molecular weight excluding hydrogens is 194 g/mol. The van der Waals surface area contributed by atoms with Gasteiger partial charge in [0.2, 0.25) is 0 Å². The molecule has 0 amide bonds. The molecule has 1 nitrogen and oxygen atoms in total. The first kappa shape index (κ1) is 12.8. The summed E-state index contributed by atoms with van der Waals surface area (Å²) in [5.41, 5.74) is 6.40. The minimum atomic E-state index is -0.282. The largest absolute Gasteiger partial charge is 0.198 e. The molecule has 0 N–H and O–H groups in total. The average Bonchev–Trinajstić information content (AvgIpc) is 2.22. The molecule has 1 aromatic rings. The first-order valence-electron chi connectivity index (χ1n) is 5.76. The fourth-order valence-corrected chi connectivity index (χ4v) is 2.05. The van der Waals surface area contributed by atoms with E-state index in [1.807, 2.05) is 13.8 Å². The predicted molar refractivity (Wildman–Crippen MR) is 68.5 cm³/mol. The molecule has 0 aliphatic heterocycles. The maximum Gasteiger partial charge on any atom is 0.0687 e. The lowest BCUT2D eigenvalue weighted by Crippen LogP contribution is -2.14. The molecule has 0 radical (unpaired) electrons. The Morgan fingerprint density at radius 1 is 1.06 bits per heavy atom. The van der Waals surface area contributed by atoms with E-state index in [2.05, 4.69) is 39.8 Å². The fraction of sp³-hybridized carbons (Fsp3) is 0.533. The van der Waals surface area contributed by atoms with Crippen molar-refractivity contribution in [2.45, 2.75) is 48.0 Å². The van der Waals surface area contributed by atoms with Crippen LogP contribution >= 0.6 is 0 Å². The molecule has 0 fully saturated rings. The minimum Gasteiger partial charge on any atom is -0.198 e. The summed E-state index contributed by atoms with van der Waals surface area (Å²) >= 11 is 0. The van der Waals surface area contributed by atoms with Crippen molar-refractivity contribution in [2.24, 2.45) is 5.41 Å². The molecule has 0 aliphatic rings. The summed E-state index contributed by atoms with van der Waals surface area (Å²) in [5, 5.41) is 9.13. The third-order valence-electron chi connectivity index (χ3n) is 3.44. The third-order valence-corrected chi connectivity index (χ3v) is 3.44. The lowest BCUT2D eigenvalue weighted by atomic mass is 9.82. The van der Waals surface area contributed by atoms with Crippen molar-refractivity contribution in [1.82, 2.24) is 0 Å². The van der Waals surface area contributed by atoms with Gasteiger partial charge in [-0.2, -0.15) is 5.26 Å². The Morgan fingerprint density at radius 3 is 1.88 bits per heavy atom. The minimum absolute atomic E-state index is 0.282. The van der Waals surface area contributed by atoms with Crippen LogP contribution in [0, 0.1) is 44.4 Å². The first-order chi connectivity index (χ1) is 7.28. The number of benzene rings is 1. The number of rotatable bonds is 2. The lowest BCUT2D eigenvalue weighted by Gasteiger charge is -2.21. The molecule has 0 unspecified atom stereocenters. The van der Waals surface area contributed by atoms with E-state index in [0.29, 0.717) is 0 Å². The number of nitriles is 1. The zero-order valence-corrected chi connectivity index (χ0v) is 11.2. The molecule has 0 bridgehead atoms. The third kappa shape index (κ3) is 2.44. The Bertz CT molecular complexity index is 421. The second kappa shape index (κ2) is 4.29. The standard InChI is InChI=1S/C15H21N/c1-10-7-11(2)13(4)14(12(10)3)8-15(5,6)9-16/h7H,8H2,1-6H3. The zero-order chi connectivity index (χ0) is 12.5. The van der Waals surface area contributed by atoms with Gasteiger partial charge >= 0.3 is 0 Å². The van der Waals surface area contributed by atoms with Gasteiger partial charge in [0, 0.05) is 0 Å². The molecule has 1 rings (SSSR count). The maximum absolute atomic E-state index is 9.13. The highest BCUT2D eigenvalue weighted by atomic mass is 14.3. The molecule has 16 heavy (non-hydrogen) atoms. The first-order valence-corrected chi connectivity index (χ1v) is 5.76. The van der Waals surface area contributed by atoms with Gasteiger partial charge in [-0.05, 0) is 75.8 Å². The molecule has 0 aliphatic carbocycles. The van der Waals surface area contributed by atoms with Crippen LogP contribution in [0.1, 0.15) is 41.7 Å². The van der Waals surface area contributed by atoms with E-state index in [9.17, 15) is 0 Å². The van der Waals surface area contributed by atoms with E-state index in [0.717, 1.165) is 6.42 Å². The highest BCUT2D eigenvalue weighted by Crippen LogP contribution is 2.28. The second-order valence-electron chi connectivity index (χ2n) is 5.41.